The highest BCUT2D eigenvalue weighted by atomic mass is 19.3. The summed E-state index contributed by atoms with van der Waals surface area (Å²) >= 11 is 0. The first-order valence-electron chi connectivity index (χ1n) is 8.06. The monoisotopic (exact) mass is 341 g/mol. The predicted molar refractivity (Wildman–Crippen MR) is 81.9 cm³/mol. The van der Waals surface area contributed by atoms with Crippen molar-refractivity contribution in [3.05, 3.63) is 23.8 Å². The van der Waals surface area contributed by atoms with Crippen LogP contribution in [0.25, 0.3) is 0 Å². The zero-order valence-electron chi connectivity index (χ0n) is 13.8. The predicted octanol–water partition coefficient (Wildman–Crippen LogP) is 3.39. The fourth-order valence-electron chi connectivity index (χ4n) is 3.17. The van der Waals surface area contributed by atoms with Gasteiger partial charge in [0, 0.05) is 13.0 Å². The number of alkyl halides is 2. The Bertz CT molecular complexity index is 635. The molecule has 5 nitrogen and oxygen atoms in total. The second kappa shape index (κ2) is 6.20. The van der Waals surface area contributed by atoms with E-state index in [4.69, 9.17) is 4.74 Å². The number of carbonyl (C=O) groups excluding carboxylic acids is 1. The number of benzene rings is 1. The van der Waals surface area contributed by atoms with Gasteiger partial charge in [0.15, 0.2) is 11.5 Å². The molecule has 0 unspecified atom stereocenters. The number of carbonyl (C=O) groups is 1. The Morgan fingerprint density at radius 3 is 2.62 bits per heavy atom. The van der Waals surface area contributed by atoms with Gasteiger partial charge in [-0.25, -0.2) is 0 Å². The maximum atomic E-state index is 13.2. The van der Waals surface area contributed by atoms with Crippen molar-refractivity contribution in [2.24, 2.45) is 5.92 Å². The van der Waals surface area contributed by atoms with E-state index in [1.807, 2.05) is 0 Å². The molecule has 2 aliphatic heterocycles. The summed E-state index contributed by atoms with van der Waals surface area (Å²) in [6.45, 7) is 5.59. The highest BCUT2D eigenvalue weighted by molar-refractivity contribution is 5.73. The van der Waals surface area contributed by atoms with Crippen LogP contribution < -0.4 is 14.8 Å². The van der Waals surface area contributed by atoms with Gasteiger partial charge in [0.25, 0.3) is 0 Å². The molecule has 3 rings (SSSR count). The van der Waals surface area contributed by atoms with Crippen molar-refractivity contribution >= 4 is 5.91 Å². The lowest BCUT2D eigenvalue weighted by Crippen LogP contribution is -2.43. The van der Waals surface area contributed by atoms with E-state index in [9.17, 15) is 13.6 Å². The highest BCUT2D eigenvalue weighted by Crippen LogP contribution is 2.44. The molecule has 1 N–H and O–H groups in total. The average Bonchev–Trinajstić information content (AvgIpc) is 2.78. The van der Waals surface area contributed by atoms with Gasteiger partial charge in [-0.2, -0.15) is 0 Å². The number of rotatable bonds is 3. The first-order chi connectivity index (χ1) is 11.2. The summed E-state index contributed by atoms with van der Waals surface area (Å²) in [5, 5.41) is 2.94. The molecular weight excluding hydrogens is 320 g/mol. The van der Waals surface area contributed by atoms with E-state index in [0.717, 1.165) is 12.0 Å². The molecule has 2 aliphatic rings. The number of amides is 1. The van der Waals surface area contributed by atoms with Gasteiger partial charge in [0.2, 0.25) is 5.91 Å². The SMILES string of the molecule is CC(=O)N[C@H]1C[C@@H](c2ccc3c(c2)OC(F)(F)O3)O[C@@H](C(C)C)C1. The number of fused-ring (bicyclic) bond motifs is 1. The van der Waals surface area contributed by atoms with Gasteiger partial charge in [0.1, 0.15) is 0 Å². The lowest BCUT2D eigenvalue weighted by Gasteiger charge is -2.37. The van der Waals surface area contributed by atoms with Crippen molar-refractivity contribution in [2.75, 3.05) is 0 Å². The van der Waals surface area contributed by atoms with Crippen molar-refractivity contribution in [1.29, 1.82) is 0 Å². The molecule has 0 spiro atoms. The van der Waals surface area contributed by atoms with Crippen molar-refractivity contribution in [3.63, 3.8) is 0 Å². The van der Waals surface area contributed by atoms with Gasteiger partial charge in [-0.3, -0.25) is 4.79 Å². The minimum absolute atomic E-state index is 0.00356. The van der Waals surface area contributed by atoms with Crippen LogP contribution in [0.1, 0.15) is 45.3 Å². The van der Waals surface area contributed by atoms with Crippen LogP contribution in [0.4, 0.5) is 8.78 Å². The molecule has 24 heavy (non-hydrogen) atoms. The van der Waals surface area contributed by atoms with Gasteiger partial charge in [-0.1, -0.05) is 19.9 Å². The summed E-state index contributed by atoms with van der Waals surface area (Å²) in [6.07, 6.45) is -2.64. The third-order valence-corrected chi connectivity index (χ3v) is 4.30. The number of nitrogens with one attached hydrogen (secondary N) is 1. The minimum atomic E-state index is -3.63. The maximum absolute atomic E-state index is 13.2. The summed E-state index contributed by atoms with van der Waals surface area (Å²) in [5.41, 5.74) is 0.732. The molecule has 3 atom stereocenters. The van der Waals surface area contributed by atoms with Crippen LogP contribution in [-0.2, 0) is 9.53 Å². The van der Waals surface area contributed by atoms with Crippen LogP contribution in [0.5, 0.6) is 11.5 Å². The molecule has 0 bridgehead atoms. The van der Waals surface area contributed by atoms with Crippen LogP contribution >= 0.6 is 0 Å². The van der Waals surface area contributed by atoms with Gasteiger partial charge in [0.05, 0.1) is 12.2 Å². The molecule has 0 aromatic heterocycles. The van der Waals surface area contributed by atoms with E-state index in [-0.39, 0.29) is 41.6 Å². The normalized spacial score (nSPS) is 28.0. The Morgan fingerprint density at radius 2 is 1.96 bits per heavy atom. The van der Waals surface area contributed by atoms with Crippen molar-refractivity contribution in [2.45, 2.75) is 58.2 Å². The zero-order valence-corrected chi connectivity index (χ0v) is 13.8. The standard InChI is InChI=1S/C17H21F2NO4/c1-9(2)14-7-12(20-10(3)21)8-15(22-14)11-4-5-13-16(6-11)24-17(18,19)23-13/h4-6,9,12,14-15H,7-8H2,1-3H3,(H,20,21)/t12-,14-,15+/m1/s1. The fourth-order valence-corrected chi connectivity index (χ4v) is 3.17. The molecule has 132 valence electrons. The average molecular weight is 341 g/mol. The smallest absolute Gasteiger partial charge is 0.395 e. The number of hydrogen-bond donors (Lipinski definition) is 1. The molecule has 1 aromatic carbocycles. The second-order valence-electron chi connectivity index (χ2n) is 6.65. The van der Waals surface area contributed by atoms with Crippen molar-refractivity contribution < 1.29 is 27.8 Å². The Hall–Kier alpha value is -1.89. The third-order valence-electron chi connectivity index (χ3n) is 4.30. The number of ether oxygens (including phenoxy) is 3. The van der Waals surface area contributed by atoms with E-state index < -0.39 is 6.29 Å². The molecule has 7 heteroatoms. The van der Waals surface area contributed by atoms with Crippen LogP contribution in [0, 0.1) is 5.92 Å². The first kappa shape index (κ1) is 17.0. The molecule has 0 saturated carbocycles. The van der Waals surface area contributed by atoms with E-state index >= 15 is 0 Å². The van der Waals surface area contributed by atoms with E-state index in [2.05, 4.69) is 28.6 Å². The number of halogens is 2. The van der Waals surface area contributed by atoms with Gasteiger partial charge < -0.3 is 19.5 Å². The Labute approximate surface area is 139 Å². The highest BCUT2D eigenvalue weighted by Gasteiger charge is 2.44. The Balaban J connectivity index is 1.81. The molecule has 0 aliphatic carbocycles. The van der Waals surface area contributed by atoms with Gasteiger partial charge in [-0.05, 0) is 36.5 Å². The Kier molecular flexibility index (Phi) is 4.38. The fraction of sp³-hybridized carbons (Fsp3) is 0.588. The van der Waals surface area contributed by atoms with Crippen LogP contribution in [0.3, 0.4) is 0 Å². The van der Waals surface area contributed by atoms with Gasteiger partial charge in [-0.15, -0.1) is 8.78 Å². The lowest BCUT2D eigenvalue weighted by atomic mass is 9.89. The van der Waals surface area contributed by atoms with Crippen molar-refractivity contribution in [3.8, 4) is 11.5 Å². The lowest BCUT2D eigenvalue weighted by molar-refractivity contribution is -0.286. The quantitative estimate of drug-likeness (QED) is 0.916. The molecule has 1 aromatic rings. The summed E-state index contributed by atoms with van der Waals surface area (Å²) < 4.78 is 41.4. The van der Waals surface area contributed by atoms with Crippen LogP contribution in [-0.4, -0.2) is 24.3 Å². The topological polar surface area (TPSA) is 56.8 Å². The molecule has 1 amide bonds. The molecule has 2 heterocycles. The molecule has 0 radical (unpaired) electrons. The minimum Gasteiger partial charge on any atom is -0.395 e. The maximum Gasteiger partial charge on any atom is 0.586 e. The van der Waals surface area contributed by atoms with E-state index in [1.54, 1.807) is 6.07 Å². The molecule has 1 fully saturated rings. The number of hydrogen-bond acceptors (Lipinski definition) is 4. The summed E-state index contributed by atoms with van der Waals surface area (Å²) in [6, 6.07) is 4.66. The second-order valence-corrected chi connectivity index (χ2v) is 6.65. The zero-order chi connectivity index (χ0) is 17.5. The first-order valence-corrected chi connectivity index (χ1v) is 8.06. The third kappa shape index (κ3) is 3.61. The largest absolute Gasteiger partial charge is 0.586 e. The molecule has 1 saturated heterocycles. The van der Waals surface area contributed by atoms with Crippen molar-refractivity contribution in [1.82, 2.24) is 5.32 Å². The summed E-state index contributed by atoms with van der Waals surface area (Å²) in [5.74, 6) is 0.207. The molecular formula is C17H21F2NO4. The Morgan fingerprint density at radius 1 is 1.25 bits per heavy atom. The van der Waals surface area contributed by atoms with Crippen LogP contribution in [0.15, 0.2) is 18.2 Å². The van der Waals surface area contributed by atoms with E-state index in [1.165, 1.54) is 19.1 Å². The summed E-state index contributed by atoms with van der Waals surface area (Å²) in [4.78, 5) is 11.4. The van der Waals surface area contributed by atoms with E-state index in [0.29, 0.717) is 6.42 Å². The van der Waals surface area contributed by atoms with Crippen LogP contribution in [0.2, 0.25) is 0 Å². The van der Waals surface area contributed by atoms with Gasteiger partial charge >= 0.3 is 6.29 Å². The summed E-state index contributed by atoms with van der Waals surface area (Å²) in [7, 11) is 0.